The second-order valence-corrected chi connectivity index (χ2v) is 8.54. The van der Waals surface area contributed by atoms with Crippen molar-refractivity contribution in [1.82, 2.24) is 10.2 Å². The van der Waals surface area contributed by atoms with Crippen LogP contribution in [0.5, 0.6) is 0 Å². The number of aromatic nitrogens is 2. The van der Waals surface area contributed by atoms with Gasteiger partial charge in [0.05, 0.1) is 23.9 Å². The van der Waals surface area contributed by atoms with Gasteiger partial charge in [-0.3, -0.25) is 14.8 Å². The average Bonchev–Trinajstić information content (AvgIpc) is 3.39. The average molecular weight is 502 g/mol. The Hall–Kier alpha value is -3.71. The maximum Gasteiger partial charge on any atom is 0.338 e. The van der Waals surface area contributed by atoms with Crippen LogP contribution in [-0.4, -0.2) is 28.7 Å². The first-order valence-corrected chi connectivity index (χ1v) is 11.4. The van der Waals surface area contributed by atoms with Gasteiger partial charge in [-0.25, -0.2) is 4.79 Å². The minimum Gasteiger partial charge on any atom is -0.462 e. The first-order chi connectivity index (χ1) is 16.1. The van der Waals surface area contributed by atoms with E-state index in [1.165, 1.54) is 0 Å². The number of nitrogens with one attached hydrogen (secondary N) is 1. The summed E-state index contributed by atoms with van der Waals surface area (Å²) in [6.07, 6.45) is 0. The number of ether oxygens (including phenoxy) is 1. The summed E-state index contributed by atoms with van der Waals surface area (Å²) in [6, 6.07) is 24.3. The fourth-order valence-electron chi connectivity index (χ4n) is 4.19. The third kappa shape index (κ3) is 3.74. The van der Waals surface area contributed by atoms with Gasteiger partial charge in [0.25, 0.3) is 5.91 Å². The van der Waals surface area contributed by atoms with E-state index < -0.39 is 0 Å². The molecule has 0 unspecified atom stereocenters. The summed E-state index contributed by atoms with van der Waals surface area (Å²) < 4.78 is 6.00. The molecular weight excluding hydrogens is 482 g/mol. The molecule has 2 heterocycles. The number of carbonyl (C=O) groups excluding carboxylic acids is 2. The summed E-state index contributed by atoms with van der Waals surface area (Å²) in [6.45, 7) is 2.07. The summed E-state index contributed by atoms with van der Waals surface area (Å²) >= 11 is 3.56. The fourth-order valence-corrected chi connectivity index (χ4v) is 4.61. The van der Waals surface area contributed by atoms with Gasteiger partial charge < -0.3 is 4.74 Å². The second kappa shape index (κ2) is 8.67. The minimum atomic E-state index is -0.388. The van der Waals surface area contributed by atoms with E-state index in [0.29, 0.717) is 23.6 Å². The summed E-state index contributed by atoms with van der Waals surface area (Å²) in [4.78, 5) is 27.4. The highest BCUT2D eigenvalue weighted by Crippen LogP contribution is 2.45. The van der Waals surface area contributed by atoms with Gasteiger partial charge in [0, 0.05) is 21.3 Å². The Balaban J connectivity index is 1.64. The Kier molecular flexibility index (Phi) is 5.56. The molecule has 164 valence electrons. The van der Waals surface area contributed by atoms with Gasteiger partial charge >= 0.3 is 5.97 Å². The maximum absolute atomic E-state index is 13.6. The lowest BCUT2D eigenvalue weighted by molar-refractivity contribution is 0.0526. The molecule has 0 radical (unpaired) electrons. The minimum absolute atomic E-state index is 0.173. The quantitative estimate of drug-likeness (QED) is 0.352. The number of halogens is 1. The molecule has 7 heteroatoms. The summed E-state index contributed by atoms with van der Waals surface area (Å²) in [5.74, 6) is -0.560. The van der Waals surface area contributed by atoms with E-state index in [2.05, 4.69) is 26.1 Å². The van der Waals surface area contributed by atoms with E-state index in [0.717, 1.165) is 26.9 Å². The summed E-state index contributed by atoms with van der Waals surface area (Å²) in [7, 11) is 0. The van der Waals surface area contributed by atoms with Crippen molar-refractivity contribution in [1.29, 1.82) is 0 Å². The van der Waals surface area contributed by atoms with Crippen molar-refractivity contribution in [3.63, 3.8) is 0 Å². The van der Waals surface area contributed by atoms with Crippen LogP contribution in [0.15, 0.2) is 83.3 Å². The van der Waals surface area contributed by atoms with E-state index in [-0.39, 0.29) is 17.9 Å². The van der Waals surface area contributed by atoms with Crippen LogP contribution in [0.25, 0.3) is 11.3 Å². The molecule has 1 aliphatic heterocycles. The molecular formula is C26H20BrN3O3. The van der Waals surface area contributed by atoms with Gasteiger partial charge in [0.2, 0.25) is 0 Å². The van der Waals surface area contributed by atoms with Crippen LogP contribution in [-0.2, 0) is 4.74 Å². The molecule has 3 aromatic carbocycles. The molecule has 1 atom stereocenters. The SMILES string of the molecule is CCOC(=O)c1ccc(N2C(=O)c3[nH]nc(-c4ccccc4)c3[C@H]2c2cccc(Br)c2)cc1. The van der Waals surface area contributed by atoms with E-state index in [4.69, 9.17) is 4.74 Å². The first kappa shape index (κ1) is 21.2. The van der Waals surface area contributed by atoms with Crippen molar-refractivity contribution in [2.45, 2.75) is 13.0 Å². The Labute approximate surface area is 199 Å². The van der Waals surface area contributed by atoms with Gasteiger partial charge in [-0.15, -0.1) is 0 Å². The predicted octanol–water partition coefficient (Wildman–Crippen LogP) is 5.77. The number of amides is 1. The lowest BCUT2D eigenvalue weighted by atomic mass is 9.96. The molecule has 1 N–H and O–H groups in total. The highest BCUT2D eigenvalue weighted by Gasteiger charge is 2.43. The third-order valence-electron chi connectivity index (χ3n) is 5.64. The molecule has 0 spiro atoms. The standard InChI is InChI=1S/C26H20BrN3O3/c1-2-33-26(32)17-11-13-20(14-12-17)30-24(18-9-6-10-19(27)15-18)21-22(16-7-4-3-5-8-16)28-29-23(21)25(30)31/h3-15,24H,2H2,1H3,(H,28,29)/t24-/m1/s1. The zero-order valence-corrected chi connectivity index (χ0v) is 19.4. The van der Waals surface area contributed by atoms with Crippen molar-refractivity contribution >= 4 is 33.5 Å². The molecule has 0 saturated heterocycles. The van der Waals surface area contributed by atoms with Gasteiger partial charge in [0.1, 0.15) is 5.69 Å². The van der Waals surface area contributed by atoms with Crippen molar-refractivity contribution < 1.29 is 14.3 Å². The fraction of sp³-hybridized carbons (Fsp3) is 0.115. The van der Waals surface area contributed by atoms with Crippen molar-refractivity contribution in [3.8, 4) is 11.3 Å². The zero-order valence-electron chi connectivity index (χ0n) is 17.8. The van der Waals surface area contributed by atoms with Crippen LogP contribution in [0.1, 0.15) is 44.9 Å². The number of nitrogens with zero attached hydrogens (tertiary/aromatic N) is 2. The lowest BCUT2D eigenvalue weighted by Gasteiger charge is -2.26. The number of rotatable bonds is 5. The summed E-state index contributed by atoms with van der Waals surface area (Å²) in [5, 5.41) is 7.47. The number of anilines is 1. The van der Waals surface area contributed by atoms with Gasteiger partial charge in [-0.1, -0.05) is 58.4 Å². The topological polar surface area (TPSA) is 75.3 Å². The molecule has 0 fully saturated rings. The maximum atomic E-state index is 13.6. The molecule has 5 rings (SSSR count). The molecule has 0 aliphatic carbocycles. The van der Waals surface area contributed by atoms with Crippen molar-refractivity contribution in [2.75, 3.05) is 11.5 Å². The molecule has 0 bridgehead atoms. The largest absolute Gasteiger partial charge is 0.462 e. The monoisotopic (exact) mass is 501 g/mol. The molecule has 4 aromatic rings. The van der Waals surface area contributed by atoms with E-state index in [1.807, 2.05) is 54.6 Å². The molecule has 6 nitrogen and oxygen atoms in total. The molecule has 0 saturated carbocycles. The van der Waals surface area contributed by atoms with Crippen molar-refractivity contribution in [2.24, 2.45) is 0 Å². The first-order valence-electron chi connectivity index (χ1n) is 10.6. The van der Waals surface area contributed by atoms with Gasteiger partial charge in [0.15, 0.2) is 0 Å². The molecule has 1 aliphatic rings. The Morgan fingerprint density at radius 1 is 1.06 bits per heavy atom. The number of hydrogen-bond donors (Lipinski definition) is 1. The van der Waals surface area contributed by atoms with Crippen molar-refractivity contribution in [3.05, 3.63) is 106 Å². The van der Waals surface area contributed by atoms with Crippen LogP contribution in [0.3, 0.4) is 0 Å². The molecule has 33 heavy (non-hydrogen) atoms. The highest BCUT2D eigenvalue weighted by molar-refractivity contribution is 9.10. The number of carbonyl (C=O) groups is 2. The van der Waals surface area contributed by atoms with E-state index in [9.17, 15) is 9.59 Å². The van der Waals surface area contributed by atoms with Crippen LogP contribution >= 0.6 is 15.9 Å². The number of aromatic amines is 1. The van der Waals surface area contributed by atoms with Crippen LogP contribution in [0.2, 0.25) is 0 Å². The smallest absolute Gasteiger partial charge is 0.338 e. The summed E-state index contributed by atoms with van der Waals surface area (Å²) in [5.41, 5.74) is 5.05. The number of H-pyrrole nitrogens is 1. The highest BCUT2D eigenvalue weighted by atomic mass is 79.9. The van der Waals surface area contributed by atoms with Crippen LogP contribution < -0.4 is 4.90 Å². The molecule has 1 aromatic heterocycles. The predicted molar refractivity (Wildman–Crippen MR) is 129 cm³/mol. The normalized spacial score (nSPS) is 14.9. The number of hydrogen-bond acceptors (Lipinski definition) is 4. The number of esters is 1. The van der Waals surface area contributed by atoms with Crippen LogP contribution in [0.4, 0.5) is 5.69 Å². The Morgan fingerprint density at radius 2 is 1.82 bits per heavy atom. The van der Waals surface area contributed by atoms with Gasteiger partial charge in [-0.2, -0.15) is 5.10 Å². The van der Waals surface area contributed by atoms with E-state index in [1.54, 1.807) is 36.1 Å². The zero-order chi connectivity index (χ0) is 22.9. The lowest BCUT2D eigenvalue weighted by Crippen LogP contribution is -2.29. The molecule has 1 amide bonds. The second-order valence-electron chi connectivity index (χ2n) is 7.63. The van der Waals surface area contributed by atoms with Gasteiger partial charge in [-0.05, 0) is 48.9 Å². The Bertz CT molecular complexity index is 1330. The van der Waals surface area contributed by atoms with Crippen LogP contribution in [0, 0.1) is 0 Å². The Morgan fingerprint density at radius 3 is 2.52 bits per heavy atom. The van der Waals surface area contributed by atoms with E-state index >= 15 is 0 Å². The third-order valence-corrected chi connectivity index (χ3v) is 6.13. The number of benzene rings is 3. The number of fused-ring (bicyclic) bond motifs is 1.